The highest BCUT2D eigenvalue weighted by atomic mass is 16.7. The van der Waals surface area contributed by atoms with Crippen LogP contribution in [0.2, 0.25) is 0 Å². The van der Waals surface area contributed by atoms with Gasteiger partial charge >= 0.3 is 0 Å². The van der Waals surface area contributed by atoms with Crippen molar-refractivity contribution in [3.05, 3.63) is 12.2 Å². The van der Waals surface area contributed by atoms with Gasteiger partial charge in [-0.25, -0.2) is 0 Å². The third kappa shape index (κ3) is 2.39. The lowest BCUT2D eigenvalue weighted by molar-refractivity contribution is -0.265. The predicted octanol–water partition coefficient (Wildman–Crippen LogP) is 0.682. The van der Waals surface area contributed by atoms with Crippen molar-refractivity contribution >= 4 is 0 Å². The molecule has 1 saturated heterocycles. The van der Waals surface area contributed by atoms with Gasteiger partial charge in [-0.05, 0) is 13.3 Å². The molecule has 0 spiro atoms. The van der Waals surface area contributed by atoms with Crippen LogP contribution < -0.4 is 0 Å². The Bertz CT molecular complexity index is 227. The Morgan fingerprint density at radius 3 is 2.40 bits per heavy atom. The molecule has 0 aromatic carbocycles. The number of aliphatic hydroxyl groups is 2. The Morgan fingerprint density at radius 2 is 2.00 bits per heavy atom. The van der Waals surface area contributed by atoms with Crippen molar-refractivity contribution in [2.75, 3.05) is 7.11 Å². The van der Waals surface area contributed by atoms with E-state index in [0.717, 1.165) is 5.57 Å². The van der Waals surface area contributed by atoms with E-state index < -0.39 is 18.5 Å². The second-order valence-corrected chi connectivity index (χ2v) is 4.04. The normalized spacial score (nSPS) is 41.5. The Hall–Kier alpha value is -0.420. The van der Waals surface area contributed by atoms with Gasteiger partial charge < -0.3 is 19.7 Å². The maximum absolute atomic E-state index is 9.94. The second-order valence-electron chi connectivity index (χ2n) is 4.04. The summed E-state index contributed by atoms with van der Waals surface area (Å²) in [6.45, 7) is 7.47. The molecule has 88 valence electrons. The number of ether oxygens (including phenoxy) is 2. The molecule has 4 heteroatoms. The lowest BCUT2D eigenvalue weighted by Gasteiger charge is -2.42. The number of rotatable bonds is 3. The summed E-state index contributed by atoms with van der Waals surface area (Å²) >= 11 is 0. The minimum absolute atomic E-state index is 0.368. The molecule has 15 heavy (non-hydrogen) atoms. The van der Waals surface area contributed by atoms with Gasteiger partial charge in [0.2, 0.25) is 0 Å². The zero-order valence-electron chi connectivity index (χ0n) is 9.51. The van der Waals surface area contributed by atoms with Crippen LogP contribution in [-0.4, -0.2) is 41.9 Å². The summed E-state index contributed by atoms with van der Waals surface area (Å²) in [6, 6.07) is 0. The summed E-state index contributed by atoms with van der Waals surface area (Å²) in [5.74, 6) is -0.368. The van der Waals surface area contributed by atoms with Crippen molar-refractivity contribution in [2.45, 2.75) is 44.9 Å². The van der Waals surface area contributed by atoms with E-state index in [-0.39, 0.29) is 12.0 Å². The standard InChI is InChI=1S/C11H20O4/c1-5-7-9(12)10(13)8(6(2)3)11(14-4)15-7/h7-13H,2,5H2,1,3-4H3/t7-,8-,9+,10-,11+/m1/s1. The van der Waals surface area contributed by atoms with E-state index in [9.17, 15) is 10.2 Å². The molecule has 1 fully saturated rings. The maximum Gasteiger partial charge on any atom is 0.166 e. The van der Waals surface area contributed by atoms with Gasteiger partial charge in [-0.3, -0.25) is 0 Å². The average molecular weight is 216 g/mol. The van der Waals surface area contributed by atoms with Gasteiger partial charge in [-0.15, -0.1) is 0 Å². The van der Waals surface area contributed by atoms with E-state index in [1.54, 1.807) is 6.92 Å². The molecule has 1 heterocycles. The molecule has 0 aliphatic carbocycles. The molecular formula is C11H20O4. The Balaban J connectivity index is 2.84. The van der Waals surface area contributed by atoms with Crippen LogP contribution in [0.5, 0.6) is 0 Å². The Morgan fingerprint density at radius 1 is 1.40 bits per heavy atom. The summed E-state index contributed by atoms with van der Waals surface area (Å²) < 4.78 is 10.7. The summed E-state index contributed by atoms with van der Waals surface area (Å²) in [6.07, 6.45) is -2.00. The molecule has 2 N–H and O–H groups in total. The molecule has 1 aliphatic heterocycles. The smallest absolute Gasteiger partial charge is 0.166 e. The second kappa shape index (κ2) is 5.07. The van der Waals surface area contributed by atoms with Crippen molar-refractivity contribution in [3.63, 3.8) is 0 Å². The topological polar surface area (TPSA) is 58.9 Å². The SMILES string of the molecule is C=C(C)[C@H]1[C@@H](OC)O[C@H](CC)[C@H](O)[C@@H]1O. The van der Waals surface area contributed by atoms with Gasteiger partial charge in [0.15, 0.2) is 6.29 Å². The summed E-state index contributed by atoms with van der Waals surface area (Å²) in [7, 11) is 1.53. The van der Waals surface area contributed by atoms with Crippen LogP contribution in [-0.2, 0) is 9.47 Å². The minimum atomic E-state index is -0.872. The van der Waals surface area contributed by atoms with E-state index in [2.05, 4.69) is 6.58 Å². The van der Waals surface area contributed by atoms with Gasteiger partial charge in [-0.1, -0.05) is 19.1 Å². The molecule has 1 rings (SSSR count). The lowest BCUT2D eigenvalue weighted by atomic mass is 9.86. The zero-order chi connectivity index (χ0) is 11.6. The molecule has 0 aromatic heterocycles. The molecule has 0 bridgehead atoms. The molecule has 0 saturated carbocycles. The zero-order valence-corrected chi connectivity index (χ0v) is 9.51. The van der Waals surface area contributed by atoms with E-state index in [0.29, 0.717) is 6.42 Å². The Labute approximate surface area is 90.5 Å². The summed E-state index contributed by atoms with van der Waals surface area (Å²) in [5.41, 5.74) is 0.753. The van der Waals surface area contributed by atoms with Crippen LogP contribution in [0.3, 0.4) is 0 Å². The summed E-state index contributed by atoms with van der Waals surface area (Å²) in [5, 5.41) is 19.7. The lowest BCUT2D eigenvalue weighted by Crippen LogP contribution is -2.54. The van der Waals surface area contributed by atoms with Crippen molar-refractivity contribution in [1.82, 2.24) is 0 Å². The molecule has 0 unspecified atom stereocenters. The summed E-state index contributed by atoms with van der Waals surface area (Å²) in [4.78, 5) is 0. The minimum Gasteiger partial charge on any atom is -0.389 e. The highest BCUT2D eigenvalue weighted by molar-refractivity contribution is 5.06. The number of aliphatic hydroxyl groups excluding tert-OH is 2. The van der Waals surface area contributed by atoms with Crippen molar-refractivity contribution in [3.8, 4) is 0 Å². The molecule has 0 aromatic rings. The van der Waals surface area contributed by atoms with Gasteiger partial charge in [0.05, 0.1) is 18.1 Å². The average Bonchev–Trinajstić information content (AvgIpc) is 2.20. The molecular weight excluding hydrogens is 196 g/mol. The van der Waals surface area contributed by atoms with Gasteiger partial charge in [0.1, 0.15) is 6.10 Å². The number of hydrogen-bond donors (Lipinski definition) is 2. The van der Waals surface area contributed by atoms with Gasteiger partial charge in [0, 0.05) is 7.11 Å². The van der Waals surface area contributed by atoms with E-state index in [4.69, 9.17) is 9.47 Å². The van der Waals surface area contributed by atoms with Crippen LogP contribution in [0.25, 0.3) is 0 Å². The molecule has 1 aliphatic rings. The molecule has 4 nitrogen and oxygen atoms in total. The highest BCUT2D eigenvalue weighted by Crippen LogP contribution is 2.31. The largest absolute Gasteiger partial charge is 0.389 e. The molecule has 5 atom stereocenters. The third-order valence-electron chi connectivity index (χ3n) is 2.90. The third-order valence-corrected chi connectivity index (χ3v) is 2.90. The predicted molar refractivity (Wildman–Crippen MR) is 56.3 cm³/mol. The highest BCUT2D eigenvalue weighted by Gasteiger charge is 2.44. The van der Waals surface area contributed by atoms with Crippen molar-refractivity contribution < 1.29 is 19.7 Å². The van der Waals surface area contributed by atoms with Crippen LogP contribution in [0.1, 0.15) is 20.3 Å². The Kier molecular flexibility index (Phi) is 4.28. The van der Waals surface area contributed by atoms with E-state index >= 15 is 0 Å². The fourth-order valence-electron chi connectivity index (χ4n) is 1.99. The number of methoxy groups -OCH3 is 1. The first-order valence-corrected chi connectivity index (χ1v) is 5.22. The monoisotopic (exact) mass is 216 g/mol. The molecule has 0 radical (unpaired) electrons. The van der Waals surface area contributed by atoms with Crippen molar-refractivity contribution in [2.24, 2.45) is 5.92 Å². The van der Waals surface area contributed by atoms with Gasteiger partial charge in [-0.2, -0.15) is 0 Å². The first-order chi connectivity index (χ1) is 7.02. The number of hydrogen-bond acceptors (Lipinski definition) is 4. The van der Waals surface area contributed by atoms with E-state index in [1.807, 2.05) is 6.92 Å². The van der Waals surface area contributed by atoms with Crippen LogP contribution in [0, 0.1) is 5.92 Å². The van der Waals surface area contributed by atoms with Crippen LogP contribution >= 0.6 is 0 Å². The van der Waals surface area contributed by atoms with Gasteiger partial charge in [0.25, 0.3) is 0 Å². The molecule has 0 amide bonds. The fourth-order valence-corrected chi connectivity index (χ4v) is 1.99. The van der Waals surface area contributed by atoms with Crippen molar-refractivity contribution in [1.29, 1.82) is 0 Å². The van der Waals surface area contributed by atoms with Crippen LogP contribution in [0.15, 0.2) is 12.2 Å². The first kappa shape index (κ1) is 12.6. The van der Waals surface area contributed by atoms with E-state index in [1.165, 1.54) is 7.11 Å². The fraction of sp³-hybridized carbons (Fsp3) is 0.818. The maximum atomic E-state index is 9.94. The quantitative estimate of drug-likeness (QED) is 0.681. The first-order valence-electron chi connectivity index (χ1n) is 5.22. The van der Waals surface area contributed by atoms with Crippen LogP contribution in [0.4, 0.5) is 0 Å².